The summed E-state index contributed by atoms with van der Waals surface area (Å²) < 4.78 is 47.5. The van der Waals surface area contributed by atoms with Gasteiger partial charge in [0.15, 0.2) is 0 Å². The number of H-pyrrole nitrogens is 1. The van der Waals surface area contributed by atoms with Crippen LogP contribution in [-0.2, 0) is 21.3 Å². The Bertz CT molecular complexity index is 3190. The van der Waals surface area contributed by atoms with E-state index in [9.17, 15) is 23.3 Å². The maximum Gasteiger partial charge on any atom is 0.293 e. The van der Waals surface area contributed by atoms with Gasteiger partial charge in [0.05, 0.1) is 28.7 Å². The van der Waals surface area contributed by atoms with Crippen LogP contribution in [0.3, 0.4) is 0 Å². The first-order chi connectivity index (χ1) is 37.8. The second-order valence-corrected chi connectivity index (χ2v) is 24.3. The third-order valence-corrected chi connectivity index (χ3v) is 18.7. The Morgan fingerprint density at radius 1 is 0.872 bits per heavy atom. The second kappa shape index (κ2) is 23.0. The first-order valence-electron chi connectivity index (χ1n) is 27.9. The molecule has 11 rings (SSSR count). The van der Waals surface area contributed by atoms with Crippen molar-refractivity contribution >= 4 is 44.0 Å². The number of aromatic nitrogens is 2. The predicted octanol–water partition coefficient (Wildman–Crippen LogP) is 10.3. The molecule has 1 amide bonds. The quantitative estimate of drug-likeness (QED) is 0.0497. The van der Waals surface area contributed by atoms with Crippen LogP contribution in [0.1, 0.15) is 117 Å². The summed E-state index contributed by atoms with van der Waals surface area (Å²) in [6.45, 7) is 11.6. The fraction of sp³-hybridized carbons (Fsp3) is 0.467. The standard InChI is InChI=1S/C60H73N9O8S/c1-40(2)51-6-4-5-7-52(51)56-39-66(38-41-8-15-48(75-3)16-9-41)28-29-68(56)47-35-60(36-47)23-26-67(27-24-60)46-14-18-53(57(33-46)77-49-32-42-20-25-61-58(42)62-37-49)59(70)65-78(73,74)50-17-19-54(55(34-50)69(71)72)64-44-12-10-43(11-13-44)63-45-21-30-76-31-22-45/h4-9,14-20,25,32-34,37,40,43-45,47,56,63-64H,10-13,21-24,26-31,35-36,38-39H2,1-3H3,(H,61,62)(H,65,70)/t43?,44?,56-/m1/s1. The number of anilines is 2. The largest absolute Gasteiger partial charge is 0.497 e. The van der Waals surface area contributed by atoms with E-state index in [1.54, 1.807) is 37.7 Å². The summed E-state index contributed by atoms with van der Waals surface area (Å²) in [6, 6.07) is 31.7. The molecule has 1 atom stereocenters. The Balaban J connectivity index is 0.763. The second-order valence-electron chi connectivity index (χ2n) is 22.7. The molecule has 0 unspecified atom stereocenters. The summed E-state index contributed by atoms with van der Waals surface area (Å²) in [5.74, 6) is 0.880. The molecule has 2 saturated carbocycles. The normalized spacial score (nSPS) is 21.6. The van der Waals surface area contributed by atoms with Crippen molar-refractivity contribution in [2.24, 2.45) is 5.41 Å². The van der Waals surface area contributed by atoms with Crippen molar-refractivity contribution in [3.63, 3.8) is 0 Å². The van der Waals surface area contributed by atoms with Gasteiger partial charge in [-0.1, -0.05) is 50.2 Å². The molecule has 78 heavy (non-hydrogen) atoms. The van der Waals surface area contributed by atoms with Crippen LogP contribution >= 0.6 is 0 Å². The Hall–Kier alpha value is -6.57. The molecule has 17 nitrogen and oxygen atoms in total. The van der Waals surface area contributed by atoms with Gasteiger partial charge in [-0.2, -0.15) is 0 Å². The summed E-state index contributed by atoms with van der Waals surface area (Å²) in [7, 11) is -2.88. The number of nitrogens with one attached hydrogen (secondary N) is 4. The fourth-order valence-electron chi connectivity index (χ4n) is 13.0. The third-order valence-electron chi connectivity index (χ3n) is 17.3. The topological polar surface area (TPSA) is 197 Å². The number of carbonyl (C=O) groups excluding carboxylic acids is 1. The van der Waals surface area contributed by atoms with Crippen LogP contribution in [0.25, 0.3) is 11.0 Å². The molecule has 4 N–H and O–H groups in total. The number of pyridine rings is 1. The highest BCUT2D eigenvalue weighted by molar-refractivity contribution is 7.90. The SMILES string of the molecule is COc1ccc(CN2CCN(C3CC4(CCN(c5ccc(C(=O)NS(=O)(=O)c6ccc(NC7CCC(NC8CCOCC8)CC7)c([N+](=O)[O-])c6)c(Oc6cnc7[nH]ccc7c6)c5)CC4)C3)[C@@H](c3ccccc3C(C)C)C2)cc1. The molecule has 18 heteroatoms. The van der Waals surface area contributed by atoms with Crippen molar-refractivity contribution < 1.29 is 32.3 Å². The van der Waals surface area contributed by atoms with Gasteiger partial charge in [-0.3, -0.25) is 24.7 Å². The first kappa shape index (κ1) is 53.4. The minimum atomic E-state index is -4.58. The Kier molecular flexibility index (Phi) is 15.8. The molecule has 6 aromatic rings. The van der Waals surface area contributed by atoms with E-state index >= 15 is 0 Å². The molecule has 3 saturated heterocycles. The molecule has 2 aromatic heterocycles. The number of carbonyl (C=O) groups is 1. The number of ether oxygens (including phenoxy) is 3. The average Bonchev–Trinajstić information content (AvgIpc) is 4.04. The predicted molar refractivity (Wildman–Crippen MR) is 302 cm³/mol. The molecule has 5 heterocycles. The van der Waals surface area contributed by atoms with Gasteiger partial charge in [0, 0.05) is 112 Å². The summed E-state index contributed by atoms with van der Waals surface area (Å²) in [6.07, 6.45) is 13.1. The molecular weight excluding hydrogens is 1010 g/mol. The number of hydrogen-bond acceptors (Lipinski definition) is 14. The Morgan fingerprint density at radius 3 is 2.36 bits per heavy atom. The van der Waals surface area contributed by atoms with E-state index in [0.29, 0.717) is 41.5 Å². The number of aromatic amines is 1. The van der Waals surface area contributed by atoms with E-state index in [4.69, 9.17) is 14.2 Å². The molecule has 2 aliphatic carbocycles. The number of piperidine rings is 1. The van der Waals surface area contributed by atoms with Crippen LogP contribution in [0.4, 0.5) is 17.1 Å². The number of fused-ring (bicyclic) bond motifs is 1. The molecule has 1 spiro atoms. The number of methoxy groups -OCH3 is 1. The van der Waals surface area contributed by atoms with Gasteiger partial charge in [-0.25, -0.2) is 18.1 Å². The maximum atomic E-state index is 14.2. The van der Waals surface area contributed by atoms with Gasteiger partial charge in [0.1, 0.15) is 28.6 Å². The van der Waals surface area contributed by atoms with Crippen LogP contribution in [0.2, 0.25) is 0 Å². The maximum absolute atomic E-state index is 14.2. The van der Waals surface area contributed by atoms with E-state index in [1.165, 1.54) is 28.8 Å². The molecule has 412 valence electrons. The van der Waals surface area contributed by atoms with Crippen LogP contribution in [0.5, 0.6) is 17.2 Å². The van der Waals surface area contributed by atoms with Gasteiger partial charge in [-0.05, 0) is 141 Å². The summed E-state index contributed by atoms with van der Waals surface area (Å²) in [5.41, 5.74) is 5.74. The lowest BCUT2D eigenvalue weighted by Crippen LogP contribution is -2.60. The Labute approximate surface area is 457 Å². The van der Waals surface area contributed by atoms with Crippen LogP contribution in [0.15, 0.2) is 114 Å². The Morgan fingerprint density at radius 2 is 1.62 bits per heavy atom. The molecule has 5 aliphatic rings. The van der Waals surface area contributed by atoms with Crippen molar-refractivity contribution in [3.8, 4) is 17.2 Å². The van der Waals surface area contributed by atoms with Crippen LogP contribution in [-0.4, -0.2) is 116 Å². The van der Waals surface area contributed by atoms with E-state index in [0.717, 1.165) is 140 Å². The highest BCUT2D eigenvalue weighted by atomic mass is 32.2. The van der Waals surface area contributed by atoms with E-state index in [2.05, 4.69) is 90.3 Å². The molecule has 5 fully saturated rings. The summed E-state index contributed by atoms with van der Waals surface area (Å²) >= 11 is 0. The third kappa shape index (κ3) is 11.9. The lowest BCUT2D eigenvalue weighted by Gasteiger charge is -2.58. The number of nitro groups is 1. The minimum absolute atomic E-state index is 0.00850. The minimum Gasteiger partial charge on any atom is -0.497 e. The first-order valence-corrected chi connectivity index (χ1v) is 29.4. The number of rotatable bonds is 17. The van der Waals surface area contributed by atoms with Crippen LogP contribution in [0, 0.1) is 15.5 Å². The molecule has 3 aliphatic heterocycles. The number of nitrogens with zero attached hydrogens (tertiary/aromatic N) is 5. The number of piperazine rings is 1. The van der Waals surface area contributed by atoms with E-state index in [1.807, 2.05) is 24.3 Å². The van der Waals surface area contributed by atoms with E-state index in [-0.39, 0.29) is 34.1 Å². The monoisotopic (exact) mass is 1080 g/mol. The zero-order valence-electron chi connectivity index (χ0n) is 45.0. The van der Waals surface area contributed by atoms with Gasteiger partial charge in [0.25, 0.3) is 21.6 Å². The highest BCUT2D eigenvalue weighted by Gasteiger charge is 2.50. The van der Waals surface area contributed by atoms with Crippen molar-refractivity contribution in [1.29, 1.82) is 0 Å². The zero-order chi connectivity index (χ0) is 54.0. The zero-order valence-corrected chi connectivity index (χ0v) is 45.8. The number of hydrogen-bond donors (Lipinski definition) is 4. The van der Waals surface area contributed by atoms with Crippen molar-refractivity contribution in [3.05, 3.63) is 142 Å². The van der Waals surface area contributed by atoms with Gasteiger partial charge in [0.2, 0.25) is 0 Å². The highest BCUT2D eigenvalue weighted by Crippen LogP contribution is 2.53. The van der Waals surface area contributed by atoms with Gasteiger partial charge in [-0.15, -0.1) is 0 Å². The fourth-order valence-corrected chi connectivity index (χ4v) is 13.9. The van der Waals surface area contributed by atoms with Gasteiger partial charge < -0.3 is 34.7 Å². The lowest BCUT2D eigenvalue weighted by molar-refractivity contribution is -0.384. The molecule has 4 aromatic carbocycles. The average molecular weight is 1080 g/mol. The number of nitro benzene ring substituents is 1. The lowest BCUT2D eigenvalue weighted by atomic mass is 9.59. The number of benzene rings is 4. The van der Waals surface area contributed by atoms with Gasteiger partial charge >= 0.3 is 0 Å². The van der Waals surface area contributed by atoms with Crippen molar-refractivity contribution in [1.82, 2.24) is 29.8 Å². The van der Waals surface area contributed by atoms with Crippen LogP contribution < -0.4 is 29.7 Å². The number of sulfonamides is 1. The van der Waals surface area contributed by atoms with Crippen molar-refractivity contribution in [2.45, 2.75) is 126 Å². The summed E-state index contributed by atoms with van der Waals surface area (Å²) in [5, 5.41) is 20.3. The number of amides is 1. The molecular formula is C60H73N9O8S. The smallest absolute Gasteiger partial charge is 0.293 e. The molecule has 0 radical (unpaired) electrons. The summed E-state index contributed by atoms with van der Waals surface area (Å²) in [4.78, 5) is 41.0. The molecule has 0 bridgehead atoms. The van der Waals surface area contributed by atoms with Crippen molar-refractivity contribution in [2.75, 3.05) is 63.3 Å². The van der Waals surface area contributed by atoms with E-state index < -0.39 is 25.7 Å².